The fraction of sp³-hybridized carbons (Fsp3) is 0.158. The maximum absolute atomic E-state index is 12.8. The average molecular weight is 394 g/mol. The van der Waals surface area contributed by atoms with Crippen LogP contribution in [0.25, 0.3) is 16.7 Å². The van der Waals surface area contributed by atoms with E-state index in [1.165, 1.54) is 44.9 Å². The highest BCUT2D eigenvalue weighted by Gasteiger charge is 2.20. The van der Waals surface area contributed by atoms with Crippen molar-refractivity contribution in [3.8, 4) is 5.69 Å². The fourth-order valence-electron chi connectivity index (χ4n) is 2.87. The Labute approximate surface area is 165 Å². The number of nitro benzene ring substituents is 1. The second-order valence-corrected chi connectivity index (χ2v) is 6.09. The first kappa shape index (κ1) is 19.7. The Morgan fingerprint density at radius 2 is 1.93 bits per heavy atom. The maximum Gasteiger partial charge on any atom is 0.294 e. The third kappa shape index (κ3) is 3.81. The standard InChI is InChI=1S/C19H18N6O4/c1-3-9-22(10-4-2)17(26)12-23-13-20-18-14(19(23)27)11-21-24(18)15-7-5-6-8-16(15)25(28)29/h3-8,11,13H,1-2,9-10,12H2. The molecule has 148 valence electrons. The van der Waals surface area contributed by atoms with Crippen molar-refractivity contribution in [3.63, 3.8) is 0 Å². The third-order valence-corrected chi connectivity index (χ3v) is 4.22. The van der Waals surface area contributed by atoms with Gasteiger partial charge in [0.05, 0.1) is 11.1 Å². The smallest absolute Gasteiger partial charge is 0.294 e. The van der Waals surface area contributed by atoms with Crippen LogP contribution in [0, 0.1) is 10.1 Å². The minimum Gasteiger partial charge on any atom is -0.334 e. The number of rotatable bonds is 8. The molecule has 2 heterocycles. The number of amides is 1. The van der Waals surface area contributed by atoms with Crippen molar-refractivity contribution in [2.75, 3.05) is 13.1 Å². The zero-order chi connectivity index (χ0) is 21.0. The number of para-hydroxylation sites is 2. The van der Waals surface area contributed by atoms with Gasteiger partial charge in [0.1, 0.15) is 23.9 Å². The second kappa shape index (κ2) is 8.30. The number of aromatic nitrogens is 4. The van der Waals surface area contributed by atoms with Gasteiger partial charge in [-0.2, -0.15) is 5.10 Å². The van der Waals surface area contributed by atoms with Gasteiger partial charge in [0, 0.05) is 19.2 Å². The fourth-order valence-corrected chi connectivity index (χ4v) is 2.87. The molecule has 0 aliphatic heterocycles. The van der Waals surface area contributed by atoms with Gasteiger partial charge in [-0.1, -0.05) is 24.3 Å². The highest BCUT2D eigenvalue weighted by Crippen LogP contribution is 2.23. The zero-order valence-electron chi connectivity index (χ0n) is 15.5. The molecule has 0 radical (unpaired) electrons. The van der Waals surface area contributed by atoms with Crippen LogP contribution in [0.5, 0.6) is 0 Å². The molecule has 2 aromatic heterocycles. The summed E-state index contributed by atoms with van der Waals surface area (Å²) in [7, 11) is 0. The van der Waals surface area contributed by atoms with Crippen molar-refractivity contribution in [3.05, 3.63) is 82.6 Å². The van der Waals surface area contributed by atoms with E-state index in [4.69, 9.17) is 0 Å². The molecule has 10 nitrogen and oxygen atoms in total. The second-order valence-electron chi connectivity index (χ2n) is 6.09. The van der Waals surface area contributed by atoms with E-state index in [-0.39, 0.29) is 34.9 Å². The van der Waals surface area contributed by atoms with E-state index in [1.54, 1.807) is 18.2 Å². The predicted octanol–water partition coefficient (Wildman–Crippen LogP) is 1.69. The van der Waals surface area contributed by atoms with Gasteiger partial charge in [-0.15, -0.1) is 13.2 Å². The van der Waals surface area contributed by atoms with Gasteiger partial charge in [0.25, 0.3) is 11.2 Å². The summed E-state index contributed by atoms with van der Waals surface area (Å²) in [6, 6.07) is 6.03. The number of nitrogens with zero attached hydrogens (tertiary/aromatic N) is 6. The van der Waals surface area contributed by atoms with Gasteiger partial charge in [-0.3, -0.25) is 24.3 Å². The molecular weight excluding hydrogens is 376 g/mol. The molecule has 1 aromatic carbocycles. The van der Waals surface area contributed by atoms with Crippen molar-refractivity contribution in [1.29, 1.82) is 0 Å². The lowest BCUT2D eigenvalue weighted by molar-refractivity contribution is -0.384. The van der Waals surface area contributed by atoms with Crippen LogP contribution in [0.2, 0.25) is 0 Å². The Kier molecular flexibility index (Phi) is 5.63. The molecule has 3 rings (SSSR count). The molecule has 0 aliphatic carbocycles. The monoisotopic (exact) mass is 394 g/mol. The normalized spacial score (nSPS) is 10.6. The molecule has 0 bridgehead atoms. The molecule has 0 saturated heterocycles. The molecule has 0 N–H and O–H groups in total. The Balaban J connectivity index is 2.00. The van der Waals surface area contributed by atoms with Crippen molar-refractivity contribution in [2.24, 2.45) is 0 Å². The maximum atomic E-state index is 12.8. The Morgan fingerprint density at radius 1 is 1.24 bits per heavy atom. The van der Waals surface area contributed by atoms with E-state index in [1.807, 2.05) is 0 Å². The molecule has 3 aromatic rings. The summed E-state index contributed by atoms with van der Waals surface area (Å²) in [5.41, 5.74) is -0.271. The summed E-state index contributed by atoms with van der Waals surface area (Å²) in [6.07, 6.45) is 5.69. The van der Waals surface area contributed by atoms with E-state index in [2.05, 4.69) is 23.2 Å². The van der Waals surface area contributed by atoms with Gasteiger partial charge in [-0.25, -0.2) is 9.67 Å². The molecule has 0 aliphatic rings. The van der Waals surface area contributed by atoms with Crippen molar-refractivity contribution in [2.45, 2.75) is 6.54 Å². The van der Waals surface area contributed by atoms with Crippen LogP contribution < -0.4 is 5.56 Å². The summed E-state index contributed by atoms with van der Waals surface area (Å²) in [5.74, 6) is -0.292. The molecule has 0 fully saturated rings. The number of fused-ring (bicyclic) bond motifs is 1. The van der Waals surface area contributed by atoms with Crippen LogP contribution >= 0.6 is 0 Å². The van der Waals surface area contributed by atoms with Crippen LogP contribution in [0.3, 0.4) is 0 Å². The minimum absolute atomic E-state index is 0.150. The molecule has 0 saturated carbocycles. The first-order valence-electron chi connectivity index (χ1n) is 8.64. The van der Waals surface area contributed by atoms with Crippen molar-refractivity contribution in [1.82, 2.24) is 24.2 Å². The Bertz CT molecular complexity index is 1150. The van der Waals surface area contributed by atoms with Crippen LogP contribution in [-0.4, -0.2) is 48.2 Å². The lowest BCUT2D eigenvalue weighted by Crippen LogP contribution is -2.36. The number of carbonyl (C=O) groups is 1. The first-order chi connectivity index (χ1) is 14.0. The first-order valence-corrected chi connectivity index (χ1v) is 8.64. The predicted molar refractivity (Wildman–Crippen MR) is 107 cm³/mol. The van der Waals surface area contributed by atoms with Crippen molar-refractivity contribution < 1.29 is 9.72 Å². The largest absolute Gasteiger partial charge is 0.334 e. The van der Waals surface area contributed by atoms with E-state index >= 15 is 0 Å². The molecule has 1 amide bonds. The highest BCUT2D eigenvalue weighted by molar-refractivity contribution is 5.78. The minimum atomic E-state index is -0.531. The van der Waals surface area contributed by atoms with Crippen LogP contribution in [0.1, 0.15) is 0 Å². The van der Waals surface area contributed by atoms with Crippen molar-refractivity contribution >= 4 is 22.6 Å². The Morgan fingerprint density at radius 3 is 2.59 bits per heavy atom. The van der Waals surface area contributed by atoms with E-state index in [0.717, 1.165) is 0 Å². The molecule has 10 heteroatoms. The number of carbonyl (C=O) groups excluding carboxylic acids is 1. The summed E-state index contributed by atoms with van der Waals surface area (Å²) in [5, 5.41) is 15.5. The van der Waals surface area contributed by atoms with Gasteiger partial charge in [0.15, 0.2) is 5.65 Å². The van der Waals surface area contributed by atoms with Gasteiger partial charge >= 0.3 is 0 Å². The summed E-state index contributed by atoms with van der Waals surface area (Å²) in [6.45, 7) is 7.67. The van der Waals surface area contributed by atoms with E-state index in [0.29, 0.717) is 13.1 Å². The Hall–Kier alpha value is -4.08. The number of nitro groups is 1. The number of benzene rings is 1. The number of hydrogen-bond donors (Lipinski definition) is 0. The van der Waals surface area contributed by atoms with Crippen LogP contribution in [0.15, 0.2) is 66.9 Å². The van der Waals surface area contributed by atoms with Crippen LogP contribution in [0.4, 0.5) is 5.69 Å². The number of hydrogen-bond acceptors (Lipinski definition) is 6. The topological polar surface area (TPSA) is 116 Å². The summed E-state index contributed by atoms with van der Waals surface area (Å²) < 4.78 is 2.41. The molecular formula is C19H18N6O4. The summed E-state index contributed by atoms with van der Waals surface area (Å²) in [4.78, 5) is 41.7. The average Bonchev–Trinajstić information content (AvgIpc) is 3.14. The van der Waals surface area contributed by atoms with Gasteiger partial charge in [0.2, 0.25) is 5.91 Å². The zero-order valence-corrected chi connectivity index (χ0v) is 15.5. The molecule has 0 atom stereocenters. The van der Waals surface area contributed by atoms with Crippen LogP contribution in [-0.2, 0) is 11.3 Å². The molecule has 29 heavy (non-hydrogen) atoms. The quantitative estimate of drug-likeness (QED) is 0.326. The molecule has 0 spiro atoms. The third-order valence-electron chi connectivity index (χ3n) is 4.22. The lowest BCUT2D eigenvalue weighted by Gasteiger charge is -2.19. The van der Waals surface area contributed by atoms with E-state index in [9.17, 15) is 19.7 Å². The van der Waals surface area contributed by atoms with Gasteiger partial charge < -0.3 is 4.90 Å². The molecule has 0 unspecified atom stereocenters. The lowest BCUT2D eigenvalue weighted by atomic mass is 10.2. The summed E-state index contributed by atoms with van der Waals surface area (Å²) >= 11 is 0. The highest BCUT2D eigenvalue weighted by atomic mass is 16.6. The SMILES string of the molecule is C=CCN(CC=C)C(=O)Cn1cnc2c(cnn2-c2ccccc2[N+](=O)[O-])c1=O. The van der Waals surface area contributed by atoms with E-state index < -0.39 is 10.5 Å². The van der Waals surface area contributed by atoms with Gasteiger partial charge in [-0.05, 0) is 6.07 Å².